The molecule has 2 unspecified atom stereocenters. The zero-order chi connectivity index (χ0) is 47.2. The van der Waals surface area contributed by atoms with Crippen LogP contribution in [0, 0.1) is 23.0 Å². The number of morpholine rings is 1. The van der Waals surface area contributed by atoms with Crippen molar-refractivity contribution in [3.05, 3.63) is 102 Å². The third-order valence-corrected chi connectivity index (χ3v) is 14.5. The van der Waals surface area contributed by atoms with Crippen molar-refractivity contribution < 1.29 is 27.8 Å². The first kappa shape index (κ1) is 44.5. The summed E-state index contributed by atoms with van der Waals surface area (Å²) in [5.74, 6) is -0.0929. The van der Waals surface area contributed by atoms with Crippen LogP contribution in [0.3, 0.4) is 0 Å². The minimum absolute atomic E-state index is 0.0159. The van der Waals surface area contributed by atoms with E-state index in [9.17, 15) is 19.2 Å². The number of pyridine rings is 1. The fraction of sp³-hybridized carbons (Fsp3) is 0.420. The molecule has 6 aromatic rings. The number of imide groups is 1. The average molecular weight is 938 g/mol. The van der Waals surface area contributed by atoms with E-state index in [4.69, 9.17) is 24.5 Å². The fourth-order valence-electron chi connectivity index (χ4n) is 10.8. The van der Waals surface area contributed by atoms with Gasteiger partial charge >= 0.3 is 0 Å². The molecule has 0 spiro atoms. The molecule has 2 aromatic carbocycles. The largest absolute Gasteiger partial charge is 0.495 e. The summed E-state index contributed by atoms with van der Waals surface area (Å²) in [5, 5.41) is 24.8. The predicted octanol–water partition coefficient (Wildman–Crippen LogP) is 5.43. The maximum Gasteiger partial charge on any atom is 0.249 e. The van der Waals surface area contributed by atoms with Gasteiger partial charge in [-0.15, -0.1) is 0 Å². The van der Waals surface area contributed by atoms with Crippen LogP contribution in [-0.4, -0.2) is 135 Å². The molecular formula is C50H53F2N13O4. The number of piperidine rings is 1. The Kier molecular flexibility index (Phi) is 12.1. The summed E-state index contributed by atoms with van der Waals surface area (Å²) in [6, 6.07) is 16.2. The van der Waals surface area contributed by atoms with Crippen LogP contribution >= 0.6 is 0 Å². The summed E-state index contributed by atoms with van der Waals surface area (Å²) in [5.41, 5.74) is 5.86. The van der Waals surface area contributed by atoms with E-state index in [1.165, 1.54) is 25.3 Å². The maximum absolute atomic E-state index is 15.6. The van der Waals surface area contributed by atoms with Gasteiger partial charge in [0.1, 0.15) is 46.4 Å². The summed E-state index contributed by atoms with van der Waals surface area (Å²) in [6.45, 7) is 6.55. The number of piperazine rings is 1. The number of anilines is 3. The topological polar surface area (TPSA) is 174 Å². The Labute approximate surface area is 397 Å². The standard InChI is InChI=1S/C50H53F2N13O4/c1-68-45-19-44(40(52)18-42(45)57-41-11-13-47(66)59-50(41)67)61-16-14-60(15-17-61)36-7-9-37(10-8-36)64-25-34(23-55-64)43-29-65-49(33(20-53)22-56-65)48(58-43)32-4-12-46(54-21-32)63-26-38-30-69-39(28-63)27-62(38)24-31-2-5-35(51)6-3-31/h2-6,12,18-19,21-23,25,29,36-39,41,57H,7-11,13-17,24,26-28,30H2,1H3,(H,59,66,67)/t36?,37?,38-,39?,41?/m1/s1. The molecule has 17 nitrogen and oxygen atoms in total. The molecule has 19 heteroatoms. The molecule has 12 rings (SSSR count). The van der Waals surface area contributed by atoms with Gasteiger partial charge in [-0.25, -0.2) is 23.3 Å². The van der Waals surface area contributed by atoms with Crippen molar-refractivity contribution in [1.82, 2.24) is 44.5 Å². The van der Waals surface area contributed by atoms with E-state index in [1.54, 1.807) is 16.8 Å². The van der Waals surface area contributed by atoms with Crippen molar-refractivity contribution >= 4 is 34.5 Å². The second-order valence-corrected chi connectivity index (χ2v) is 18.8. The molecule has 2 amide bonds. The highest BCUT2D eigenvalue weighted by Gasteiger charge is 2.37. The first-order chi connectivity index (χ1) is 33.7. The van der Waals surface area contributed by atoms with Crippen LogP contribution in [0.1, 0.15) is 55.7 Å². The SMILES string of the molecule is COc1cc(N2CCN(C3CCC(n4cc(-c5cn6ncc(C#N)c6c(-c6ccc(N7CC8CN(Cc9ccc(F)cc9)[C@@H](CO8)C7)nc6)n5)cn4)CC3)CC2)c(F)cc1NC1CCC(=O)NC1=O. The number of amides is 2. The van der Waals surface area contributed by atoms with Crippen LogP contribution in [0.4, 0.5) is 26.0 Å². The van der Waals surface area contributed by atoms with Crippen molar-refractivity contribution in [3.63, 3.8) is 0 Å². The van der Waals surface area contributed by atoms with E-state index >= 15 is 4.39 Å². The minimum atomic E-state index is -0.648. The molecule has 6 fully saturated rings. The number of halogens is 2. The highest BCUT2D eigenvalue weighted by molar-refractivity contribution is 6.01. The fourth-order valence-corrected chi connectivity index (χ4v) is 10.8. The zero-order valence-electron chi connectivity index (χ0n) is 38.3. The Morgan fingerprint density at radius 2 is 1.68 bits per heavy atom. The molecule has 1 aliphatic carbocycles. The number of methoxy groups -OCH3 is 1. The van der Waals surface area contributed by atoms with E-state index in [0.717, 1.165) is 80.9 Å². The first-order valence-corrected chi connectivity index (χ1v) is 23.8. The van der Waals surface area contributed by atoms with E-state index < -0.39 is 17.8 Å². The monoisotopic (exact) mass is 937 g/mol. The molecular weight excluding hydrogens is 885 g/mol. The van der Waals surface area contributed by atoms with Gasteiger partial charge in [0, 0.05) is 100 Å². The van der Waals surface area contributed by atoms with E-state index in [0.29, 0.717) is 78.3 Å². The normalized spacial score (nSPS) is 23.5. The number of carbonyl (C=O) groups excluding carboxylic acids is 2. The van der Waals surface area contributed by atoms with Crippen molar-refractivity contribution in [2.24, 2.45) is 0 Å². The number of carbonyl (C=O) groups is 2. The number of aromatic nitrogens is 6. The number of nitrogens with zero attached hydrogens (tertiary/aromatic N) is 11. The van der Waals surface area contributed by atoms with Crippen molar-refractivity contribution in [2.45, 2.75) is 75.3 Å². The number of hydrogen-bond donors (Lipinski definition) is 2. The summed E-state index contributed by atoms with van der Waals surface area (Å²) in [4.78, 5) is 43.3. The van der Waals surface area contributed by atoms with Crippen LogP contribution in [0.5, 0.6) is 5.75 Å². The summed E-state index contributed by atoms with van der Waals surface area (Å²) in [6.07, 6.45) is 13.7. The Bertz CT molecular complexity index is 2900. The molecule has 69 heavy (non-hydrogen) atoms. The molecule has 6 aliphatic rings. The molecule has 3 atom stereocenters. The molecule has 5 aliphatic heterocycles. The Balaban J connectivity index is 0.727. The Morgan fingerprint density at radius 3 is 2.43 bits per heavy atom. The van der Waals surface area contributed by atoms with Crippen molar-refractivity contribution in [1.29, 1.82) is 5.26 Å². The third-order valence-electron chi connectivity index (χ3n) is 14.5. The van der Waals surface area contributed by atoms with Gasteiger partial charge in [0.15, 0.2) is 0 Å². The van der Waals surface area contributed by atoms with Gasteiger partial charge < -0.3 is 24.6 Å². The quantitative estimate of drug-likeness (QED) is 0.158. The summed E-state index contributed by atoms with van der Waals surface area (Å²) < 4.78 is 44.8. The van der Waals surface area contributed by atoms with Gasteiger partial charge in [-0.2, -0.15) is 15.5 Å². The number of hydrogen-bond acceptors (Lipinski definition) is 14. The molecule has 2 bridgehead atoms. The highest BCUT2D eigenvalue weighted by atomic mass is 19.1. The molecule has 356 valence electrons. The number of rotatable bonds is 11. The van der Waals surface area contributed by atoms with Gasteiger partial charge in [0.05, 0.1) is 73.3 Å². The maximum atomic E-state index is 15.6. The van der Waals surface area contributed by atoms with Gasteiger partial charge in [-0.3, -0.25) is 29.4 Å². The molecule has 2 N–H and O–H groups in total. The highest BCUT2D eigenvalue weighted by Crippen LogP contribution is 2.37. The molecule has 4 aromatic heterocycles. The molecule has 0 radical (unpaired) electrons. The van der Waals surface area contributed by atoms with Crippen LogP contribution in [0.15, 0.2) is 79.5 Å². The molecule has 9 heterocycles. The smallest absolute Gasteiger partial charge is 0.249 e. The van der Waals surface area contributed by atoms with Gasteiger partial charge in [0.2, 0.25) is 11.8 Å². The third kappa shape index (κ3) is 9.07. The van der Waals surface area contributed by atoms with E-state index in [2.05, 4.69) is 52.3 Å². The predicted molar refractivity (Wildman–Crippen MR) is 253 cm³/mol. The zero-order valence-corrected chi connectivity index (χ0v) is 38.3. The second-order valence-electron chi connectivity index (χ2n) is 18.8. The van der Waals surface area contributed by atoms with Crippen LogP contribution in [-0.2, 0) is 20.9 Å². The number of benzene rings is 2. The average Bonchev–Trinajstić information content (AvgIpc) is 3.94. The van der Waals surface area contributed by atoms with E-state index in [-0.39, 0.29) is 36.3 Å². The summed E-state index contributed by atoms with van der Waals surface area (Å²) in [7, 11) is 1.52. The van der Waals surface area contributed by atoms with Gasteiger partial charge in [-0.1, -0.05) is 12.1 Å². The molecule has 5 saturated heterocycles. The Hall–Kier alpha value is -7.01. The lowest BCUT2D eigenvalue weighted by atomic mass is 9.90. The van der Waals surface area contributed by atoms with Crippen LogP contribution < -0.4 is 25.2 Å². The van der Waals surface area contributed by atoms with Crippen LogP contribution in [0.2, 0.25) is 0 Å². The van der Waals surface area contributed by atoms with Crippen molar-refractivity contribution in [2.75, 3.05) is 74.6 Å². The number of fused-ring (bicyclic) bond motifs is 5. The number of nitrogens with one attached hydrogen (secondary N) is 2. The van der Waals surface area contributed by atoms with Crippen molar-refractivity contribution in [3.8, 4) is 34.3 Å². The molecule has 1 saturated carbocycles. The second kappa shape index (κ2) is 18.8. The van der Waals surface area contributed by atoms with E-state index in [1.807, 2.05) is 42.9 Å². The minimum Gasteiger partial charge on any atom is -0.495 e. The van der Waals surface area contributed by atoms with Gasteiger partial charge in [-0.05, 0) is 61.9 Å². The Morgan fingerprint density at radius 1 is 0.870 bits per heavy atom. The number of nitriles is 1. The summed E-state index contributed by atoms with van der Waals surface area (Å²) >= 11 is 0. The lowest BCUT2D eigenvalue weighted by Crippen LogP contribution is -2.51. The number of ether oxygens (including phenoxy) is 2. The first-order valence-electron chi connectivity index (χ1n) is 23.8. The van der Waals surface area contributed by atoms with Crippen LogP contribution in [0.25, 0.3) is 28.0 Å². The lowest BCUT2D eigenvalue weighted by molar-refractivity contribution is -0.133. The van der Waals surface area contributed by atoms with Gasteiger partial charge in [0.25, 0.3) is 0 Å². The lowest BCUT2D eigenvalue weighted by Gasteiger charge is -2.42.